The van der Waals surface area contributed by atoms with E-state index in [9.17, 15) is 27.6 Å². The first-order chi connectivity index (χ1) is 18.2. The number of aromatic amines is 1. The number of carbonyl (C=O) groups is 2. The highest BCUT2D eigenvalue weighted by molar-refractivity contribution is 8.00. The van der Waals surface area contributed by atoms with Gasteiger partial charge in [0, 0.05) is 16.0 Å². The molecule has 38 heavy (non-hydrogen) atoms. The van der Waals surface area contributed by atoms with Crippen molar-refractivity contribution < 1.29 is 27.5 Å². The molecule has 3 heterocycles. The third-order valence-electron chi connectivity index (χ3n) is 8.63. The van der Waals surface area contributed by atoms with Crippen molar-refractivity contribution in [1.82, 2.24) is 4.98 Å². The molecule has 1 N–H and O–H groups in total. The summed E-state index contributed by atoms with van der Waals surface area (Å²) in [6.45, 7) is 0. The molecular weight excluding hydrogens is 537 g/mol. The van der Waals surface area contributed by atoms with Gasteiger partial charge in [0.2, 0.25) is 11.8 Å². The van der Waals surface area contributed by atoms with E-state index in [4.69, 9.17) is 4.74 Å². The number of carbonyl (C=O) groups excluding carboxylic acids is 2. The van der Waals surface area contributed by atoms with Crippen molar-refractivity contribution in [3.63, 3.8) is 0 Å². The number of ether oxygens (including phenoxy) is 1. The summed E-state index contributed by atoms with van der Waals surface area (Å²) in [6, 6.07) is 12.1. The Morgan fingerprint density at radius 3 is 2.39 bits per heavy atom. The van der Waals surface area contributed by atoms with E-state index in [2.05, 4.69) is 4.98 Å². The van der Waals surface area contributed by atoms with Gasteiger partial charge in [0.15, 0.2) is 0 Å². The average molecular weight is 559 g/mol. The topological polar surface area (TPSA) is 79.5 Å². The molecule has 2 bridgehead atoms. The predicted octanol–water partition coefficient (Wildman–Crippen LogP) is 5.14. The van der Waals surface area contributed by atoms with E-state index in [-0.39, 0.29) is 39.5 Å². The van der Waals surface area contributed by atoms with Crippen LogP contribution in [0, 0.1) is 29.6 Å². The second-order valence-corrected chi connectivity index (χ2v) is 12.5. The third-order valence-corrected chi connectivity index (χ3v) is 11.2. The Morgan fingerprint density at radius 1 is 1.00 bits per heavy atom. The quantitative estimate of drug-likeness (QED) is 0.451. The van der Waals surface area contributed by atoms with Gasteiger partial charge in [-0.15, -0.1) is 11.8 Å². The molecule has 196 valence electrons. The number of nitrogens with zero attached hydrogens (tertiary/aromatic N) is 1. The molecule has 6 nitrogen and oxygen atoms in total. The number of benzene rings is 2. The number of rotatable bonds is 3. The van der Waals surface area contributed by atoms with E-state index in [0.29, 0.717) is 12.2 Å². The molecule has 4 aliphatic rings. The molecule has 2 aliphatic carbocycles. The van der Waals surface area contributed by atoms with Crippen LogP contribution in [0.3, 0.4) is 0 Å². The summed E-state index contributed by atoms with van der Waals surface area (Å²) in [7, 11) is 1.59. The first-order valence-corrected chi connectivity index (χ1v) is 14.0. The van der Waals surface area contributed by atoms with Crippen LogP contribution in [-0.4, -0.2) is 29.2 Å². The SMILES string of the molecule is COc1ccc([C@@H]2c3sc(=O)[nH]c3S[C@@H]3[C@H]4C[C@H]([C@@H]5C(=O)N(c6cccc(C(F)(F)F)c6)C(=O)[C@H]45)[C@@H]23)cc1. The largest absolute Gasteiger partial charge is 0.497 e. The van der Waals surface area contributed by atoms with Crippen LogP contribution >= 0.6 is 23.1 Å². The molecule has 7 atom stereocenters. The number of thioether (sulfide) groups is 1. The lowest BCUT2D eigenvalue weighted by Gasteiger charge is -2.43. The first-order valence-electron chi connectivity index (χ1n) is 12.3. The van der Waals surface area contributed by atoms with E-state index >= 15 is 0 Å². The zero-order chi connectivity index (χ0) is 26.5. The molecule has 7 rings (SSSR count). The highest BCUT2D eigenvalue weighted by Crippen LogP contribution is 2.68. The fraction of sp³-hybridized carbons (Fsp3) is 0.370. The molecule has 11 heteroatoms. The van der Waals surface area contributed by atoms with Gasteiger partial charge in [-0.05, 0) is 60.1 Å². The second-order valence-electron chi connectivity index (χ2n) is 10.3. The van der Waals surface area contributed by atoms with Crippen molar-refractivity contribution in [2.24, 2.45) is 29.6 Å². The van der Waals surface area contributed by atoms with Gasteiger partial charge in [-0.2, -0.15) is 13.2 Å². The maximum absolute atomic E-state index is 13.7. The molecule has 2 amide bonds. The number of amides is 2. The minimum Gasteiger partial charge on any atom is -0.497 e. The zero-order valence-electron chi connectivity index (χ0n) is 19.9. The number of hydrogen-bond donors (Lipinski definition) is 1. The van der Waals surface area contributed by atoms with Gasteiger partial charge in [0.05, 0.1) is 35.2 Å². The van der Waals surface area contributed by atoms with E-state index in [1.54, 1.807) is 18.9 Å². The van der Waals surface area contributed by atoms with Gasteiger partial charge in [-0.1, -0.05) is 29.5 Å². The van der Waals surface area contributed by atoms with Gasteiger partial charge < -0.3 is 9.72 Å². The summed E-state index contributed by atoms with van der Waals surface area (Å²) < 4.78 is 45.4. The minimum atomic E-state index is -4.58. The Balaban J connectivity index is 1.29. The van der Waals surface area contributed by atoms with Gasteiger partial charge >= 0.3 is 11.0 Å². The molecule has 1 aromatic heterocycles. The number of halogens is 3. The van der Waals surface area contributed by atoms with Crippen LogP contribution in [0.25, 0.3) is 0 Å². The fourth-order valence-corrected chi connectivity index (χ4v) is 10.2. The number of fused-ring (bicyclic) bond motifs is 9. The average Bonchev–Trinajstić information content (AvgIpc) is 3.62. The standard InChI is InChI=1S/C27H21F3N2O4S2/c1-36-14-7-5-11(6-8-14)17-18-15-10-16(21(18)37-23-22(17)38-26(35)31-23)20-19(15)24(33)32(25(20)34)13-4-2-3-12(9-13)27(28,29)30/h2-9,15-21H,10H2,1H3,(H,31,35)/t15-,16-,17-,18-,19-,20+,21+/m0/s1. The van der Waals surface area contributed by atoms with Crippen LogP contribution in [-0.2, 0) is 15.8 Å². The molecule has 0 unspecified atom stereocenters. The van der Waals surface area contributed by atoms with Gasteiger partial charge in [-0.3, -0.25) is 19.3 Å². The van der Waals surface area contributed by atoms with E-state index < -0.39 is 35.4 Å². The van der Waals surface area contributed by atoms with E-state index in [0.717, 1.165) is 32.5 Å². The van der Waals surface area contributed by atoms with Gasteiger partial charge in [0.25, 0.3) is 0 Å². The van der Waals surface area contributed by atoms with Crippen LogP contribution in [0.5, 0.6) is 5.75 Å². The molecular formula is C27H21F3N2O4S2. The summed E-state index contributed by atoms with van der Waals surface area (Å²) in [5.74, 6) is -1.63. The minimum absolute atomic E-state index is 0.00399. The number of H-pyrrole nitrogens is 1. The van der Waals surface area contributed by atoms with Crippen molar-refractivity contribution >= 4 is 40.6 Å². The van der Waals surface area contributed by atoms with Crippen LogP contribution in [0.1, 0.15) is 28.3 Å². The highest BCUT2D eigenvalue weighted by Gasteiger charge is 2.69. The lowest BCUT2D eigenvalue weighted by atomic mass is 9.68. The number of imide groups is 1. The summed E-state index contributed by atoms with van der Waals surface area (Å²) in [4.78, 5) is 44.5. The van der Waals surface area contributed by atoms with Crippen molar-refractivity contribution in [3.8, 4) is 5.75 Å². The highest BCUT2D eigenvalue weighted by atomic mass is 32.2. The Hall–Kier alpha value is -3.05. The summed E-state index contributed by atoms with van der Waals surface area (Å²) >= 11 is 2.75. The summed E-state index contributed by atoms with van der Waals surface area (Å²) in [5, 5.41) is 0.807. The molecule has 1 saturated heterocycles. The summed E-state index contributed by atoms with van der Waals surface area (Å²) in [6.07, 6.45) is -3.88. The number of thiazole rings is 1. The zero-order valence-corrected chi connectivity index (χ0v) is 21.5. The van der Waals surface area contributed by atoms with Crippen molar-refractivity contribution in [1.29, 1.82) is 0 Å². The molecule has 2 saturated carbocycles. The molecule has 2 aromatic carbocycles. The number of alkyl halides is 3. The Labute approximate surface area is 223 Å². The van der Waals surface area contributed by atoms with Crippen molar-refractivity contribution in [2.45, 2.75) is 28.8 Å². The maximum atomic E-state index is 13.7. The number of anilines is 1. The van der Waals surface area contributed by atoms with Crippen molar-refractivity contribution in [2.75, 3.05) is 12.0 Å². The fourth-order valence-electron chi connectivity index (χ4n) is 7.28. The lowest BCUT2D eigenvalue weighted by molar-refractivity contribution is -0.137. The number of nitrogens with one attached hydrogen (secondary N) is 1. The Bertz CT molecular complexity index is 1530. The normalized spacial score (nSPS) is 31.4. The Kier molecular flexibility index (Phi) is 5.20. The molecule has 0 radical (unpaired) electrons. The van der Waals surface area contributed by atoms with Gasteiger partial charge in [0.1, 0.15) is 5.75 Å². The summed E-state index contributed by atoms with van der Waals surface area (Å²) in [5.41, 5.74) is 0.0791. The number of methoxy groups -OCH3 is 1. The monoisotopic (exact) mass is 558 g/mol. The van der Waals surface area contributed by atoms with Crippen molar-refractivity contribution in [3.05, 3.63) is 74.2 Å². The molecule has 3 fully saturated rings. The smallest absolute Gasteiger partial charge is 0.416 e. The predicted molar refractivity (Wildman–Crippen MR) is 135 cm³/mol. The maximum Gasteiger partial charge on any atom is 0.416 e. The number of hydrogen-bond acceptors (Lipinski definition) is 6. The van der Waals surface area contributed by atoms with Crippen LogP contribution < -0.4 is 14.5 Å². The lowest BCUT2D eigenvalue weighted by Crippen LogP contribution is -2.42. The second kappa shape index (κ2) is 8.22. The first kappa shape index (κ1) is 24.0. The van der Waals surface area contributed by atoms with Crippen LogP contribution in [0.4, 0.5) is 18.9 Å². The van der Waals surface area contributed by atoms with Gasteiger partial charge in [-0.25, -0.2) is 0 Å². The molecule has 2 aliphatic heterocycles. The van der Waals surface area contributed by atoms with Crippen LogP contribution in [0.2, 0.25) is 0 Å². The van der Waals surface area contributed by atoms with Crippen LogP contribution in [0.15, 0.2) is 58.4 Å². The number of aromatic nitrogens is 1. The third kappa shape index (κ3) is 3.30. The molecule has 3 aromatic rings. The van der Waals surface area contributed by atoms with E-state index in [1.807, 2.05) is 24.3 Å². The molecule has 0 spiro atoms. The van der Waals surface area contributed by atoms with E-state index in [1.165, 1.54) is 23.5 Å². The Morgan fingerprint density at radius 2 is 1.71 bits per heavy atom.